The summed E-state index contributed by atoms with van der Waals surface area (Å²) in [5.74, 6) is 1.94. The van der Waals surface area contributed by atoms with Gasteiger partial charge in [0.1, 0.15) is 0 Å². The quantitative estimate of drug-likeness (QED) is 0.513. The van der Waals surface area contributed by atoms with E-state index in [2.05, 4.69) is 39.8 Å². The molecule has 4 bridgehead atoms. The zero-order valence-corrected chi connectivity index (χ0v) is 10.6. The second-order valence-corrected chi connectivity index (χ2v) is 7.39. The Morgan fingerprint density at radius 3 is 2.53 bits per heavy atom. The minimum atomic E-state index is 0.519. The van der Waals surface area contributed by atoms with Gasteiger partial charge in [0, 0.05) is 0 Å². The van der Waals surface area contributed by atoms with E-state index in [1.165, 1.54) is 25.7 Å². The van der Waals surface area contributed by atoms with Gasteiger partial charge in [-0.3, -0.25) is 0 Å². The lowest BCUT2D eigenvalue weighted by Crippen LogP contribution is -2.29. The Hall–Kier alpha value is -0.260. The summed E-state index contributed by atoms with van der Waals surface area (Å²) in [5.41, 5.74) is 1.67. The summed E-state index contributed by atoms with van der Waals surface area (Å²) in [7, 11) is 0. The van der Waals surface area contributed by atoms with Crippen molar-refractivity contribution in [3.05, 3.63) is 12.2 Å². The third kappa shape index (κ3) is 0.990. The second-order valence-electron chi connectivity index (χ2n) is 7.39. The zero-order valence-electron chi connectivity index (χ0n) is 10.6. The van der Waals surface area contributed by atoms with E-state index in [1.807, 2.05) is 0 Å². The molecule has 3 aliphatic rings. The van der Waals surface area contributed by atoms with Gasteiger partial charge in [-0.05, 0) is 53.8 Å². The first-order valence-corrected chi connectivity index (χ1v) is 6.57. The first-order valence-electron chi connectivity index (χ1n) is 6.57. The molecule has 84 valence electrons. The summed E-state index contributed by atoms with van der Waals surface area (Å²) in [4.78, 5) is 0. The summed E-state index contributed by atoms with van der Waals surface area (Å²) in [5, 5.41) is 0. The van der Waals surface area contributed by atoms with Crippen LogP contribution in [0.1, 0.15) is 53.4 Å². The van der Waals surface area contributed by atoms with E-state index in [0.29, 0.717) is 16.2 Å². The standard InChI is InChI=1S/C15H24/c1-13(2)7-5-8-15(4)11-6-9-14(15,3)10-12(11)13/h5,8,11-12H,6-7,9-10H2,1-4H3. The van der Waals surface area contributed by atoms with E-state index in [1.54, 1.807) is 0 Å². The van der Waals surface area contributed by atoms with Crippen LogP contribution in [0.4, 0.5) is 0 Å². The monoisotopic (exact) mass is 204 g/mol. The van der Waals surface area contributed by atoms with Crippen LogP contribution in [0.3, 0.4) is 0 Å². The topological polar surface area (TPSA) is 0 Å². The van der Waals surface area contributed by atoms with Crippen LogP contribution in [0.5, 0.6) is 0 Å². The molecule has 4 atom stereocenters. The second kappa shape index (κ2) is 2.52. The van der Waals surface area contributed by atoms with Gasteiger partial charge in [-0.1, -0.05) is 39.8 Å². The van der Waals surface area contributed by atoms with Gasteiger partial charge in [-0.15, -0.1) is 0 Å². The maximum absolute atomic E-state index is 2.58. The van der Waals surface area contributed by atoms with E-state index in [9.17, 15) is 0 Å². The lowest BCUT2D eigenvalue weighted by atomic mass is 9.67. The molecule has 3 rings (SSSR count). The third-order valence-corrected chi connectivity index (χ3v) is 6.35. The molecule has 0 aliphatic heterocycles. The SMILES string of the molecule is CC1(C)CC=CC2(C)C3CCC2(C)CC31. The van der Waals surface area contributed by atoms with Crippen LogP contribution in [-0.2, 0) is 0 Å². The van der Waals surface area contributed by atoms with Crippen molar-refractivity contribution in [3.8, 4) is 0 Å². The van der Waals surface area contributed by atoms with Crippen molar-refractivity contribution in [3.63, 3.8) is 0 Å². The summed E-state index contributed by atoms with van der Waals surface area (Å²) in [6, 6.07) is 0. The zero-order chi connectivity index (χ0) is 10.9. The number of hydrogen-bond acceptors (Lipinski definition) is 0. The van der Waals surface area contributed by atoms with Crippen molar-refractivity contribution in [2.75, 3.05) is 0 Å². The lowest BCUT2D eigenvalue weighted by Gasteiger charge is -2.38. The Morgan fingerprint density at radius 2 is 1.80 bits per heavy atom. The van der Waals surface area contributed by atoms with Gasteiger partial charge >= 0.3 is 0 Å². The smallest absolute Gasteiger partial charge is 0.00616 e. The highest BCUT2D eigenvalue weighted by Gasteiger charge is 2.64. The molecule has 0 amide bonds. The van der Waals surface area contributed by atoms with Crippen LogP contribution in [0.25, 0.3) is 0 Å². The van der Waals surface area contributed by atoms with Crippen LogP contribution in [-0.4, -0.2) is 0 Å². The minimum absolute atomic E-state index is 0.519. The Morgan fingerprint density at radius 1 is 1.07 bits per heavy atom. The van der Waals surface area contributed by atoms with Crippen LogP contribution < -0.4 is 0 Å². The molecule has 0 heterocycles. The van der Waals surface area contributed by atoms with Crippen LogP contribution >= 0.6 is 0 Å². The average molecular weight is 204 g/mol. The molecule has 2 saturated carbocycles. The number of hydrogen-bond donors (Lipinski definition) is 0. The van der Waals surface area contributed by atoms with Crippen molar-refractivity contribution >= 4 is 0 Å². The number of allylic oxidation sites excluding steroid dienone is 2. The molecule has 15 heavy (non-hydrogen) atoms. The predicted molar refractivity (Wildman–Crippen MR) is 64.6 cm³/mol. The molecule has 0 spiro atoms. The minimum Gasteiger partial charge on any atom is -0.0874 e. The number of rotatable bonds is 0. The largest absolute Gasteiger partial charge is 0.0874 e. The molecule has 0 saturated heterocycles. The molecule has 0 heteroatoms. The van der Waals surface area contributed by atoms with Crippen LogP contribution in [0.2, 0.25) is 0 Å². The van der Waals surface area contributed by atoms with Gasteiger partial charge in [0.05, 0.1) is 0 Å². The van der Waals surface area contributed by atoms with E-state index < -0.39 is 0 Å². The molecule has 0 radical (unpaired) electrons. The van der Waals surface area contributed by atoms with E-state index >= 15 is 0 Å². The average Bonchev–Trinajstić information content (AvgIpc) is 2.46. The van der Waals surface area contributed by atoms with Crippen LogP contribution in [0.15, 0.2) is 12.2 Å². The molecular formula is C15H24. The van der Waals surface area contributed by atoms with Crippen LogP contribution in [0, 0.1) is 28.1 Å². The fraction of sp³-hybridized carbons (Fsp3) is 0.867. The first kappa shape index (κ1) is 9.93. The molecule has 0 aromatic carbocycles. The van der Waals surface area contributed by atoms with Gasteiger partial charge in [-0.25, -0.2) is 0 Å². The van der Waals surface area contributed by atoms with Gasteiger partial charge < -0.3 is 0 Å². The van der Waals surface area contributed by atoms with Gasteiger partial charge in [0.15, 0.2) is 0 Å². The van der Waals surface area contributed by atoms with Crippen molar-refractivity contribution < 1.29 is 0 Å². The van der Waals surface area contributed by atoms with Crippen molar-refractivity contribution in [2.24, 2.45) is 28.1 Å². The molecule has 0 nitrogen and oxygen atoms in total. The molecule has 0 aromatic heterocycles. The first-order chi connectivity index (χ1) is 6.89. The Bertz CT molecular complexity index is 325. The van der Waals surface area contributed by atoms with Crippen molar-refractivity contribution in [1.82, 2.24) is 0 Å². The normalized spacial score (nSPS) is 55.7. The van der Waals surface area contributed by atoms with E-state index in [0.717, 1.165) is 11.8 Å². The molecule has 3 aliphatic carbocycles. The lowest BCUT2D eigenvalue weighted by molar-refractivity contribution is 0.126. The maximum Gasteiger partial charge on any atom is -0.00616 e. The highest BCUT2D eigenvalue weighted by Crippen LogP contribution is 2.72. The van der Waals surface area contributed by atoms with Gasteiger partial charge in [0.2, 0.25) is 0 Å². The molecule has 0 aromatic rings. The Labute approximate surface area is 94.1 Å². The summed E-state index contributed by atoms with van der Waals surface area (Å²) >= 11 is 0. The Kier molecular flexibility index (Phi) is 1.67. The van der Waals surface area contributed by atoms with Gasteiger partial charge in [0.25, 0.3) is 0 Å². The summed E-state index contributed by atoms with van der Waals surface area (Å²) in [6.07, 6.45) is 10.8. The van der Waals surface area contributed by atoms with Gasteiger partial charge in [-0.2, -0.15) is 0 Å². The molecule has 0 N–H and O–H groups in total. The fourth-order valence-electron chi connectivity index (χ4n) is 4.96. The summed E-state index contributed by atoms with van der Waals surface area (Å²) in [6.45, 7) is 10.0. The molecule has 2 fully saturated rings. The third-order valence-electron chi connectivity index (χ3n) is 6.35. The van der Waals surface area contributed by atoms with E-state index in [-0.39, 0.29) is 0 Å². The van der Waals surface area contributed by atoms with Crippen molar-refractivity contribution in [2.45, 2.75) is 53.4 Å². The highest BCUT2D eigenvalue weighted by molar-refractivity contribution is 5.23. The molecular weight excluding hydrogens is 180 g/mol. The van der Waals surface area contributed by atoms with E-state index in [4.69, 9.17) is 0 Å². The fourth-order valence-corrected chi connectivity index (χ4v) is 4.96. The summed E-state index contributed by atoms with van der Waals surface area (Å²) < 4.78 is 0. The molecule has 4 unspecified atom stereocenters. The maximum atomic E-state index is 2.58. The highest BCUT2D eigenvalue weighted by atomic mass is 14.7. The Balaban J connectivity index is 2.13. The predicted octanol–water partition coefficient (Wildman–Crippen LogP) is 4.42. The van der Waals surface area contributed by atoms with Crippen molar-refractivity contribution in [1.29, 1.82) is 0 Å².